The molecule has 1 saturated heterocycles. The lowest BCUT2D eigenvalue weighted by atomic mass is 10.0. The van der Waals surface area contributed by atoms with E-state index < -0.39 is 0 Å². The molecule has 7 nitrogen and oxygen atoms in total. The molecule has 2 aliphatic rings. The molecule has 7 heteroatoms. The first-order chi connectivity index (χ1) is 14.7. The van der Waals surface area contributed by atoms with Crippen LogP contribution in [-0.2, 0) is 30.8 Å². The van der Waals surface area contributed by atoms with E-state index in [4.69, 9.17) is 9.84 Å². The largest absolute Gasteiger partial charge is 0.383 e. The van der Waals surface area contributed by atoms with Crippen LogP contribution < -0.4 is 0 Å². The van der Waals surface area contributed by atoms with Crippen LogP contribution in [-0.4, -0.2) is 83.9 Å². The maximum absolute atomic E-state index is 13.5. The quantitative estimate of drug-likeness (QED) is 0.726. The second-order valence-electron chi connectivity index (χ2n) is 8.39. The van der Waals surface area contributed by atoms with Gasteiger partial charge < -0.3 is 14.5 Å². The Bertz CT molecular complexity index is 851. The maximum Gasteiger partial charge on any atom is 0.274 e. The molecular weight excluding hydrogens is 378 g/mol. The van der Waals surface area contributed by atoms with E-state index >= 15 is 0 Å². The molecule has 1 fully saturated rings. The van der Waals surface area contributed by atoms with Crippen LogP contribution in [0.25, 0.3) is 0 Å². The van der Waals surface area contributed by atoms with Crippen molar-refractivity contribution in [2.45, 2.75) is 32.5 Å². The fraction of sp³-hybridized carbons (Fsp3) is 0.565. The number of methoxy groups -OCH3 is 1. The number of benzene rings is 1. The van der Waals surface area contributed by atoms with Crippen molar-refractivity contribution < 1.29 is 9.53 Å². The van der Waals surface area contributed by atoms with Gasteiger partial charge in [0.05, 0.1) is 13.2 Å². The van der Waals surface area contributed by atoms with Gasteiger partial charge in [0, 0.05) is 64.1 Å². The zero-order valence-electron chi connectivity index (χ0n) is 18.2. The summed E-state index contributed by atoms with van der Waals surface area (Å²) in [4.78, 5) is 20.2. The van der Waals surface area contributed by atoms with Gasteiger partial charge in [0.15, 0.2) is 5.69 Å². The molecule has 0 unspecified atom stereocenters. The number of amides is 1. The molecule has 162 valence electrons. The van der Waals surface area contributed by atoms with E-state index in [0.29, 0.717) is 18.8 Å². The molecule has 1 amide bonds. The van der Waals surface area contributed by atoms with Gasteiger partial charge in [0.1, 0.15) is 0 Å². The molecule has 30 heavy (non-hydrogen) atoms. The minimum atomic E-state index is 0.0827. The first-order valence-corrected chi connectivity index (χ1v) is 11.0. The summed E-state index contributed by atoms with van der Waals surface area (Å²) in [6.45, 7) is 7.45. The van der Waals surface area contributed by atoms with Gasteiger partial charge in [0.25, 0.3) is 5.91 Å². The van der Waals surface area contributed by atoms with Crippen LogP contribution in [0.5, 0.6) is 0 Å². The summed E-state index contributed by atoms with van der Waals surface area (Å²) >= 11 is 0. The van der Waals surface area contributed by atoms with E-state index in [0.717, 1.165) is 64.2 Å². The summed E-state index contributed by atoms with van der Waals surface area (Å²) in [6, 6.07) is 10.5. The molecule has 0 radical (unpaired) electrons. The molecule has 2 aromatic rings. The van der Waals surface area contributed by atoms with E-state index in [1.807, 2.05) is 15.6 Å². The molecule has 0 atom stereocenters. The summed E-state index contributed by atoms with van der Waals surface area (Å²) in [5.74, 6) is 0.0827. The van der Waals surface area contributed by atoms with Crippen molar-refractivity contribution in [2.75, 3.05) is 53.5 Å². The Morgan fingerprint density at radius 1 is 1.10 bits per heavy atom. The number of aromatic nitrogens is 2. The number of likely N-dealkylation sites (N-methyl/N-ethyl adjacent to an activating group) is 1. The van der Waals surface area contributed by atoms with Gasteiger partial charge in [-0.2, -0.15) is 5.10 Å². The predicted octanol–water partition coefficient (Wildman–Crippen LogP) is 1.87. The Hall–Kier alpha value is -2.22. The van der Waals surface area contributed by atoms with Crippen molar-refractivity contribution in [3.8, 4) is 0 Å². The third kappa shape index (κ3) is 4.74. The van der Waals surface area contributed by atoms with E-state index in [9.17, 15) is 4.79 Å². The van der Waals surface area contributed by atoms with Gasteiger partial charge in [-0.3, -0.25) is 14.4 Å². The standard InChI is InChI=1S/C23H33N5O2/c1-25-10-6-11-27(14-13-25)23(29)22-20-18-26(17-19-7-4-3-5-8-19)12-9-21(20)28(24-22)15-16-30-2/h3-5,7-8H,6,9-18H2,1-2H3. The van der Waals surface area contributed by atoms with E-state index in [1.54, 1.807) is 7.11 Å². The molecule has 0 bridgehead atoms. The average molecular weight is 412 g/mol. The van der Waals surface area contributed by atoms with Crippen LogP contribution in [0.4, 0.5) is 0 Å². The molecular formula is C23H33N5O2. The summed E-state index contributed by atoms with van der Waals surface area (Å²) < 4.78 is 7.29. The number of hydrogen-bond acceptors (Lipinski definition) is 5. The molecule has 0 N–H and O–H groups in total. The van der Waals surface area contributed by atoms with Gasteiger partial charge >= 0.3 is 0 Å². The molecule has 0 aliphatic carbocycles. The van der Waals surface area contributed by atoms with Crippen LogP contribution in [0.15, 0.2) is 30.3 Å². The normalized spacial score (nSPS) is 18.3. The Kier molecular flexibility index (Phi) is 6.82. The number of rotatable bonds is 6. The first-order valence-electron chi connectivity index (χ1n) is 11.0. The SMILES string of the molecule is COCCn1nc(C(=O)N2CCCN(C)CC2)c2c1CCN(Cc1ccccc1)C2. The first kappa shape index (κ1) is 21.0. The minimum absolute atomic E-state index is 0.0827. The second-order valence-corrected chi connectivity index (χ2v) is 8.39. The lowest BCUT2D eigenvalue weighted by molar-refractivity contribution is 0.0753. The van der Waals surface area contributed by atoms with Gasteiger partial charge in [-0.1, -0.05) is 30.3 Å². The number of carbonyl (C=O) groups is 1. The Balaban J connectivity index is 1.57. The van der Waals surface area contributed by atoms with E-state index in [2.05, 4.69) is 41.1 Å². The lowest BCUT2D eigenvalue weighted by Gasteiger charge is -2.28. The van der Waals surface area contributed by atoms with Crippen molar-refractivity contribution in [1.29, 1.82) is 0 Å². The molecule has 0 spiro atoms. The molecule has 1 aromatic carbocycles. The number of fused-ring (bicyclic) bond motifs is 1. The number of hydrogen-bond donors (Lipinski definition) is 0. The third-order valence-electron chi connectivity index (χ3n) is 6.18. The molecule has 0 saturated carbocycles. The molecule has 2 aliphatic heterocycles. The van der Waals surface area contributed by atoms with Crippen LogP contribution in [0.3, 0.4) is 0 Å². The maximum atomic E-state index is 13.5. The molecule has 4 rings (SSSR count). The van der Waals surface area contributed by atoms with Crippen LogP contribution >= 0.6 is 0 Å². The Morgan fingerprint density at radius 2 is 1.93 bits per heavy atom. The monoisotopic (exact) mass is 411 g/mol. The highest BCUT2D eigenvalue weighted by atomic mass is 16.5. The highest BCUT2D eigenvalue weighted by Gasteiger charge is 2.30. The summed E-state index contributed by atoms with van der Waals surface area (Å²) in [7, 11) is 3.83. The van der Waals surface area contributed by atoms with Crippen molar-refractivity contribution in [3.63, 3.8) is 0 Å². The van der Waals surface area contributed by atoms with Crippen molar-refractivity contribution in [2.24, 2.45) is 0 Å². The minimum Gasteiger partial charge on any atom is -0.383 e. The topological polar surface area (TPSA) is 53.8 Å². The average Bonchev–Trinajstić information content (AvgIpc) is 2.97. The Morgan fingerprint density at radius 3 is 2.73 bits per heavy atom. The highest BCUT2D eigenvalue weighted by molar-refractivity contribution is 5.94. The zero-order valence-corrected chi connectivity index (χ0v) is 18.2. The van der Waals surface area contributed by atoms with Gasteiger partial charge in [-0.25, -0.2) is 0 Å². The lowest BCUT2D eigenvalue weighted by Crippen LogP contribution is -2.36. The summed E-state index contributed by atoms with van der Waals surface area (Å²) in [5.41, 5.74) is 4.25. The highest BCUT2D eigenvalue weighted by Crippen LogP contribution is 2.25. The second kappa shape index (κ2) is 9.73. The van der Waals surface area contributed by atoms with Gasteiger partial charge in [0.2, 0.25) is 0 Å². The predicted molar refractivity (Wildman–Crippen MR) is 116 cm³/mol. The number of ether oxygens (including phenoxy) is 1. The summed E-state index contributed by atoms with van der Waals surface area (Å²) in [6.07, 6.45) is 1.92. The van der Waals surface area contributed by atoms with E-state index in [-0.39, 0.29) is 5.91 Å². The molecule has 3 heterocycles. The Labute approximate surface area is 179 Å². The van der Waals surface area contributed by atoms with Crippen molar-refractivity contribution in [1.82, 2.24) is 24.5 Å². The number of carbonyl (C=O) groups excluding carboxylic acids is 1. The zero-order chi connectivity index (χ0) is 20.9. The van der Waals surface area contributed by atoms with Crippen molar-refractivity contribution in [3.05, 3.63) is 52.8 Å². The van der Waals surface area contributed by atoms with Crippen LogP contribution in [0.1, 0.15) is 33.7 Å². The fourth-order valence-electron chi connectivity index (χ4n) is 4.46. The van der Waals surface area contributed by atoms with Gasteiger partial charge in [-0.15, -0.1) is 0 Å². The smallest absolute Gasteiger partial charge is 0.274 e. The van der Waals surface area contributed by atoms with Crippen LogP contribution in [0, 0.1) is 0 Å². The number of nitrogens with zero attached hydrogens (tertiary/aromatic N) is 5. The van der Waals surface area contributed by atoms with Gasteiger partial charge in [-0.05, 0) is 25.6 Å². The summed E-state index contributed by atoms with van der Waals surface area (Å²) in [5, 5.41) is 4.80. The van der Waals surface area contributed by atoms with E-state index in [1.165, 1.54) is 11.3 Å². The fourth-order valence-corrected chi connectivity index (χ4v) is 4.46. The molecule has 1 aromatic heterocycles. The van der Waals surface area contributed by atoms with Crippen LogP contribution in [0.2, 0.25) is 0 Å². The van der Waals surface area contributed by atoms with Crippen molar-refractivity contribution >= 4 is 5.91 Å². The third-order valence-corrected chi connectivity index (χ3v) is 6.18.